The van der Waals surface area contributed by atoms with Crippen molar-refractivity contribution >= 4 is 0 Å². The molecular weight excluding hydrogens is 119 g/mol. The normalized spacial score (nSPS) is 11.4. The molecule has 1 unspecified atom stereocenters. The van der Waals surface area contributed by atoms with E-state index in [4.69, 9.17) is 10.5 Å². The molecule has 0 fully saturated rings. The number of hydrogen-bond acceptors (Lipinski definition) is 2. The summed E-state index contributed by atoms with van der Waals surface area (Å²) in [5.41, 5.74) is 0. The average molecular weight is 126 g/mol. The van der Waals surface area contributed by atoms with Crippen molar-refractivity contribution in [3.63, 3.8) is 0 Å². The summed E-state index contributed by atoms with van der Waals surface area (Å²) in [6.45, 7) is 0. The number of alkyl halides is 1. The van der Waals surface area contributed by atoms with Crippen LogP contribution < -0.4 is 0 Å². The van der Waals surface area contributed by atoms with E-state index in [0.29, 0.717) is 12.8 Å². The highest BCUT2D eigenvalue weighted by molar-refractivity contribution is 4.83. The fourth-order valence-electron chi connectivity index (χ4n) is 0.425. The third kappa shape index (κ3) is 4.77. The maximum atomic E-state index is 12.0. The predicted octanol–water partition coefficient (Wildman–Crippen LogP) is 1.54. The van der Waals surface area contributed by atoms with Gasteiger partial charge in [-0.25, -0.2) is 4.39 Å². The Hall–Kier alpha value is -1.09. The minimum absolute atomic E-state index is 0.185. The number of nitrogens with zero attached hydrogens (tertiary/aromatic N) is 2. The third-order valence-electron chi connectivity index (χ3n) is 0.886. The van der Waals surface area contributed by atoms with E-state index in [1.807, 2.05) is 6.07 Å². The van der Waals surface area contributed by atoms with E-state index in [9.17, 15) is 4.39 Å². The van der Waals surface area contributed by atoms with E-state index in [1.54, 1.807) is 0 Å². The van der Waals surface area contributed by atoms with Gasteiger partial charge in [0.15, 0.2) is 6.17 Å². The molecule has 0 aromatic carbocycles. The molecule has 2 nitrogen and oxygen atoms in total. The zero-order chi connectivity index (χ0) is 7.11. The van der Waals surface area contributed by atoms with Crippen molar-refractivity contribution in [2.75, 3.05) is 0 Å². The molecule has 0 heterocycles. The summed E-state index contributed by atoms with van der Waals surface area (Å²) in [7, 11) is 0. The Labute approximate surface area is 53.5 Å². The van der Waals surface area contributed by atoms with Gasteiger partial charge in [-0.05, 0) is 12.8 Å². The Morgan fingerprint density at radius 2 is 2.11 bits per heavy atom. The van der Waals surface area contributed by atoms with Crippen molar-refractivity contribution in [1.29, 1.82) is 10.5 Å². The van der Waals surface area contributed by atoms with Gasteiger partial charge in [0.1, 0.15) is 0 Å². The molecule has 0 aliphatic carbocycles. The monoisotopic (exact) mass is 126 g/mol. The quantitative estimate of drug-likeness (QED) is 0.538. The fourth-order valence-corrected chi connectivity index (χ4v) is 0.425. The lowest BCUT2D eigenvalue weighted by atomic mass is 10.2. The third-order valence-corrected chi connectivity index (χ3v) is 0.886. The Bertz CT molecular complexity index is 142. The van der Waals surface area contributed by atoms with Crippen molar-refractivity contribution in [3.05, 3.63) is 0 Å². The predicted molar refractivity (Wildman–Crippen MR) is 30.0 cm³/mol. The zero-order valence-electron chi connectivity index (χ0n) is 4.97. The van der Waals surface area contributed by atoms with Crippen molar-refractivity contribution < 1.29 is 4.39 Å². The maximum absolute atomic E-state index is 12.0. The largest absolute Gasteiger partial charge is 0.231 e. The lowest BCUT2D eigenvalue weighted by Gasteiger charge is -1.91. The van der Waals surface area contributed by atoms with Gasteiger partial charge < -0.3 is 0 Å². The average Bonchev–Trinajstić information content (AvgIpc) is 1.89. The van der Waals surface area contributed by atoms with E-state index < -0.39 is 6.17 Å². The minimum atomic E-state index is -1.39. The number of nitriles is 2. The van der Waals surface area contributed by atoms with Crippen LogP contribution in [0.25, 0.3) is 0 Å². The van der Waals surface area contributed by atoms with Gasteiger partial charge in [-0.1, -0.05) is 0 Å². The number of halogens is 1. The van der Waals surface area contributed by atoms with Gasteiger partial charge in [-0.2, -0.15) is 10.5 Å². The molecule has 0 bridgehead atoms. The van der Waals surface area contributed by atoms with Gasteiger partial charge in [0.05, 0.1) is 12.1 Å². The summed E-state index contributed by atoms with van der Waals surface area (Å²) in [5.74, 6) is 0. The summed E-state index contributed by atoms with van der Waals surface area (Å²) in [6, 6.07) is 3.32. The SMILES string of the molecule is N#CCCCC(F)C#N. The molecule has 0 spiro atoms. The standard InChI is InChI=1S/C6H7FN2/c7-6(5-9)3-1-2-4-8/h6H,1-3H2. The molecule has 3 heteroatoms. The van der Waals surface area contributed by atoms with Crippen LogP contribution in [0.4, 0.5) is 4.39 Å². The summed E-state index contributed by atoms with van der Waals surface area (Å²) in [6.07, 6.45) is -0.393. The van der Waals surface area contributed by atoms with Gasteiger partial charge >= 0.3 is 0 Å². The van der Waals surface area contributed by atoms with Crippen LogP contribution in [0.3, 0.4) is 0 Å². The maximum Gasteiger partial charge on any atom is 0.186 e. The van der Waals surface area contributed by atoms with E-state index in [2.05, 4.69) is 0 Å². The first-order chi connectivity index (χ1) is 4.31. The van der Waals surface area contributed by atoms with Gasteiger partial charge in [0.25, 0.3) is 0 Å². The minimum Gasteiger partial charge on any atom is -0.231 e. The molecule has 0 amide bonds. The van der Waals surface area contributed by atoms with Gasteiger partial charge in [-0.15, -0.1) is 0 Å². The molecule has 48 valence electrons. The van der Waals surface area contributed by atoms with Crippen molar-refractivity contribution in [2.45, 2.75) is 25.4 Å². The van der Waals surface area contributed by atoms with Crippen LogP contribution >= 0.6 is 0 Å². The zero-order valence-corrected chi connectivity index (χ0v) is 4.97. The molecule has 0 radical (unpaired) electrons. The van der Waals surface area contributed by atoms with Crippen molar-refractivity contribution in [2.24, 2.45) is 0 Å². The van der Waals surface area contributed by atoms with Crippen molar-refractivity contribution in [1.82, 2.24) is 0 Å². The smallest absolute Gasteiger partial charge is 0.186 e. The highest BCUT2D eigenvalue weighted by Crippen LogP contribution is 2.01. The topological polar surface area (TPSA) is 47.6 Å². The fraction of sp³-hybridized carbons (Fsp3) is 0.667. The molecule has 0 aliphatic heterocycles. The Morgan fingerprint density at radius 3 is 2.56 bits per heavy atom. The van der Waals surface area contributed by atoms with E-state index in [0.717, 1.165) is 0 Å². The highest BCUT2D eigenvalue weighted by Gasteiger charge is 2.01. The Balaban J connectivity index is 3.12. The second-order valence-electron chi connectivity index (χ2n) is 1.65. The lowest BCUT2D eigenvalue weighted by Crippen LogP contribution is -1.93. The molecule has 0 saturated heterocycles. The molecule has 1 atom stereocenters. The summed E-state index contributed by atoms with van der Waals surface area (Å²) < 4.78 is 12.0. The Morgan fingerprint density at radius 1 is 1.44 bits per heavy atom. The first kappa shape index (κ1) is 7.91. The second kappa shape index (κ2) is 5.05. The van der Waals surface area contributed by atoms with Crippen LogP contribution in [-0.2, 0) is 0 Å². The molecule has 0 N–H and O–H groups in total. The van der Waals surface area contributed by atoms with Crippen LogP contribution in [0, 0.1) is 22.7 Å². The summed E-state index contributed by atoms with van der Waals surface area (Å²) in [4.78, 5) is 0. The molecule has 0 aromatic rings. The molecule has 0 rings (SSSR count). The molecule has 0 aliphatic rings. The second-order valence-corrected chi connectivity index (χ2v) is 1.65. The van der Waals surface area contributed by atoms with Crippen molar-refractivity contribution in [3.8, 4) is 12.1 Å². The number of rotatable bonds is 3. The Kier molecular flexibility index (Phi) is 4.44. The molecule has 0 saturated carbocycles. The van der Waals surface area contributed by atoms with Gasteiger partial charge in [0.2, 0.25) is 0 Å². The van der Waals surface area contributed by atoms with Crippen LogP contribution in [0.15, 0.2) is 0 Å². The van der Waals surface area contributed by atoms with Crippen LogP contribution in [0.1, 0.15) is 19.3 Å². The first-order valence-electron chi connectivity index (χ1n) is 2.72. The van der Waals surface area contributed by atoms with Crippen LogP contribution in [0.2, 0.25) is 0 Å². The van der Waals surface area contributed by atoms with E-state index >= 15 is 0 Å². The van der Waals surface area contributed by atoms with Gasteiger partial charge in [0, 0.05) is 6.42 Å². The molecule has 0 aromatic heterocycles. The van der Waals surface area contributed by atoms with Gasteiger partial charge in [-0.3, -0.25) is 0 Å². The van der Waals surface area contributed by atoms with Crippen LogP contribution in [-0.4, -0.2) is 6.17 Å². The highest BCUT2D eigenvalue weighted by atomic mass is 19.1. The number of unbranched alkanes of at least 4 members (excludes halogenated alkanes) is 1. The lowest BCUT2D eigenvalue weighted by molar-refractivity contribution is 0.380. The van der Waals surface area contributed by atoms with E-state index in [-0.39, 0.29) is 6.42 Å². The summed E-state index contributed by atoms with van der Waals surface area (Å²) in [5, 5.41) is 15.9. The number of hydrogen-bond donors (Lipinski definition) is 0. The molecular formula is C6H7FN2. The molecule has 9 heavy (non-hydrogen) atoms. The first-order valence-corrected chi connectivity index (χ1v) is 2.72. The van der Waals surface area contributed by atoms with Crippen LogP contribution in [0.5, 0.6) is 0 Å². The summed E-state index contributed by atoms with van der Waals surface area (Å²) >= 11 is 0. The van der Waals surface area contributed by atoms with E-state index in [1.165, 1.54) is 6.07 Å².